The predicted molar refractivity (Wildman–Crippen MR) is 115 cm³/mol. The second-order valence-corrected chi connectivity index (χ2v) is 8.39. The highest BCUT2D eigenvalue weighted by Gasteiger charge is 2.36. The number of carbonyl (C=O) groups excluding carboxylic acids is 1. The Balaban J connectivity index is 1.29. The van der Waals surface area contributed by atoms with Crippen LogP contribution in [0.1, 0.15) is 30.5 Å². The summed E-state index contributed by atoms with van der Waals surface area (Å²) in [5.41, 5.74) is 2.04. The summed E-state index contributed by atoms with van der Waals surface area (Å²) in [5.74, 6) is 0.863. The minimum atomic E-state index is -0.392. The molecule has 2 bridgehead atoms. The van der Waals surface area contributed by atoms with E-state index in [0.717, 1.165) is 29.5 Å². The molecule has 5 rings (SSSR count). The van der Waals surface area contributed by atoms with Crippen molar-refractivity contribution < 1.29 is 13.9 Å². The molecular weight excluding hydrogens is 396 g/mol. The summed E-state index contributed by atoms with van der Waals surface area (Å²) in [7, 11) is 0. The van der Waals surface area contributed by atoms with Crippen LogP contribution < -0.4 is 15.9 Å². The molecule has 31 heavy (non-hydrogen) atoms. The van der Waals surface area contributed by atoms with Gasteiger partial charge in [-0.05, 0) is 42.5 Å². The van der Waals surface area contributed by atoms with Crippen molar-refractivity contribution in [2.45, 2.75) is 32.2 Å². The second kappa shape index (κ2) is 7.72. The molecule has 0 radical (unpaired) electrons. The van der Waals surface area contributed by atoms with Crippen molar-refractivity contribution >= 4 is 16.9 Å². The van der Waals surface area contributed by atoms with Gasteiger partial charge in [0, 0.05) is 54.8 Å². The maximum absolute atomic E-state index is 12.9. The first kappa shape index (κ1) is 19.6. The lowest BCUT2D eigenvalue weighted by Crippen LogP contribution is -2.50. The zero-order valence-electron chi connectivity index (χ0n) is 17.4. The summed E-state index contributed by atoms with van der Waals surface area (Å²) in [6.45, 7) is 3.78. The first-order chi connectivity index (χ1) is 15.0. The van der Waals surface area contributed by atoms with Crippen LogP contribution in [0.5, 0.6) is 5.75 Å². The maximum atomic E-state index is 12.9. The molecule has 2 atom stereocenters. The number of nitrogens with zero attached hydrogens (tertiary/aromatic N) is 2. The molecule has 4 heterocycles. The van der Waals surface area contributed by atoms with Crippen molar-refractivity contribution in [2.75, 3.05) is 19.7 Å². The van der Waals surface area contributed by atoms with Crippen molar-refractivity contribution in [1.29, 1.82) is 0 Å². The number of aromatic nitrogens is 1. The highest BCUT2D eigenvalue weighted by molar-refractivity contribution is 5.82. The first-order valence-corrected chi connectivity index (χ1v) is 10.7. The Labute approximate surface area is 178 Å². The van der Waals surface area contributed by atoms with Crippen LogP contribution in [0.2, 0.25) is 0 Å². The van der Waals surface area contributed by atoms with Gasteiger partial charge >= 0.3 is 5.63 Å². The van der Waals surface area contributed by atoms with E-state index in [1.165, 1.54) is 6.07 Å². The number of pyridine rings is 1. The van der Waals surface area contributed by atoms with Crippen molar-refractivity contribution in [3.8, 4) is 5.75 Å². The molecule has 2 aliphatic heterocycles. The number of amides is 1. The molecule has 2 aliphatic rings. The fourth-order valence-corrected chi connectivity index (χ4v) is 4.93. The van der Waals surface area contributed by atoms with E-state index in [2.05, 4.69) is 0 Å². The maximum Gasteiger partial charge on any atom is 0.336 e. The first-order valence-electron chi connectivity index (χ1n) is 10.7. The predicted octanol–water partition coefficient (Wildman–Crippen LogP) is 2.54. The average Bonchev–Trinajstić information content (AvgIpc) is 2.77. The number of hydrogen-bond donors (Lipinski definition) is 0. The van der Waals surface area contributed by atoms with Gasteiger partial charge in [-0.25, -0.2) is 4.79 Å². The fourth-order valence-electron chi connectivity index (χ4n) is 4.93. The van der Waals surface area contributed by atoms with Gasteiger partial charge < -0.3 is 18.6 Å². The molecule has 1 amide bonds. The minimum Gasteiger partial charge on any atom is -0.484 e. The van der Waals surface area contributed by atoms with Gasteiger partial charge in [0.05, 0.1) is 0 Å². The van der Waals surface area contributed by atoms with Crippen molar-refractivity contribution in [3.05, 3.63) is 74.5 Å². The molecule has 0 spiro atoms. The van der Waals surface area contributed by atoms with E-state index in [0.29, 0.717) is 31.0 Å². The zero-order valence-corrected chi connectivity index (χ0v) is 17.4. The lowest BCUT2D eigenvalue weighted by Gasteiger charge is -2.42. The molecule has 0 aliphatic carbocycles. The van der Waals surface area contributed by atoms with Gasteiger partial charge in [-0.1, -0.05) is 13.0 Å². The third-order valence-electron chi connectivity index (χ3n) is 6.38. The summed E-state index contributed by atoms with van der Waals surface area (Å²) in [6.07, 6.45) is 1.73. The molecule has 7 heteroatoms. The van der Waals surface area contributed by atoms with Gasteiger partial charge in [-0.3, -0.25) is 9.59 Å². The topological polar surface area (TPSA) is 81.8 Å². The molecule has 0 N–H and O–H groups in total. The summed E-state index contributed by atoms with van der Waals surface area (Å²) in [4.78, 5) is 38.6. The lowest BCUT2D eigenvalue weighted by molar-refractivity contribution is -0.136. The Morgan fingerprint density at radius 2 is 2.00 bits per heavy atom. The molecule has 1 aromatic carbocycles. The molecule has 1 fully saturated rings. The van der Waals surface area contributed by atoms with Crippen LogP contribution in [0.4, 0.5) is 0 Å². The third kappa shape index (κ3) is 3.65. The molecule has 3 aromatic rings. The van der Waals surface area contributed by atoms with Crippen molar-refractivity contribution in [3.63, 3.8) is 0 Å². The van der Waals surface area contributed by atoms with E-state index >= 15 is 0 Å². The SMILES string of the molecule is CCc1cc(=O)oc2cc(OCC(=O)N3C[C@H]4C[C@H](C3)c3cccc(=O)n3C4)ccc12. The summed E-state index contributed by atoms with van der Waals surface area (Å²) >= 11 is 0. The van der Waals surface area contributed by atoms with Gasteiger partial charge in [0.25, 0.3) is 11.5 Å². The number of carbonyl (C=O) groups is 1. The number of ether oxygens (including phenoxy) is 1. The molecule has 160 valence electrons. The number of piperidine rings is 1. The summed E-state index contributed by atoms with van der Waals surface area (Å²) in [6, 6.07) is 12.2. The number of rotatable bonds is 4. The molecule has 2 aromatic heterocycles. The van der Waals surface area contributed by atoms with E-state index in [-0.39, 0.29) is 29.9 Å². The fraction of sp³-hybridized carbons (Fsp3) is 0.375. The quantitative estimate of drug-likeness (QED) is 0.606. The monoisotopic (exact) mass is 420 g/mol. The average molecular weight is 420 g/mol. The Morgan fingerprint density at radius 3 is 2.84 bits per heavy atom. The normalized spacial score (nSPS) is 19.8. The molecule has 0 unspecified atom stereocenters. The third-order valence-corrected chi connectivity index (χ3v) is 6.38. The van der Waals surface area contributed by atoms with Crippen LogP contribution in [0.15, 0.2) is 56.5 Å². The molecular formula is C24H24N2O5. The Morgan fingerprint density at radius 1 is 1.13 bits per heavy atom. The van der Waals surface area contributed by atoms with Gasteiger partial charge in [0.15, 0.2) is 6.61 Å². The molecule has 1 saturated heterocycles. The Hall–Kier alpha value is -3.35. The van der Waals surface area contributed by atoms with E-state index in [1.54, 1.807) is 24.3 Å². The highest BCUT2D eigenvalue weighted by atomic mass is 16.5. The minimum absolute atomic E-state index is 0.0319. The number of fused-ring (bicyclic) bond motifs is 5. The number of likely N-dealkylation sites (tertiary alicyclic amines) is 1. The zero-order chi connectivity index (χ0) is 21.5. The molecule has 0 saturated carbocycles. The van der Waals surface area contributed by atoms with Gasteiger partial charge in [-0.2, -0.15) is 0 Å². The second-order valence-electron chi connectivity index (χ2n) is 8.39. The van der Waals surface area contributed by atoms with E-state index in [4.69, 9.17) is 9.15 Å². The van der Waals surface area contributed by atoms with Crippen LogP contribution in [0.25, 0.3) is 11.0 Å². The Bertz CT molecular complexity index is 1270. The largest absolute Gasteiger partial charge is 0.484 e. The molecule has 7 nitrogen and oxygen atoms in total. The standard InChI is InChI=1S/C24H24N2O5/c1-2-16-9-24(29)31-21-10-18(6-7-19(16)21)30-14-23(28)25-11-15-8-17(13-25)20-4-3-5-22(27)26(20)12-15/h3-7,9-10,15,17H,2,8,11-14H2,1H3/t15-,17-/m1/s1. The van der Waals surface area contributed by atoms with Crippen LogP contribution >= 0.6 is 0 Å². The lowest BCUT2D eigenvalue weighted by atomic mass is 9.83. The highest BCUT2D eigenvalue weighted by Crippen LogP contribution is 2.35. The van der Waals surface area contributed by atoms with Gasteiger partial charge in [0.2, 0.25) is 0 Å². The van der Waals surface area contributed by atoms with E-state index in [9.17, 15) is 14.4 Å². The van der Waals surface area contributed by atoms with Crippen molar-refractivity contribution in [1.82, 2.24) is 9.47 Å². The van der Waals surface area contributed by atoms with Crippen LogP contribution in [0, 0.1) is 5.92 Å². The number of benzene rings is 1. The van der Waals surface area contributed by atoms with Crippen LogP contribution in [-0.2, 0) is 17.8 Å². The van der Waals surface area contributed by atoms with E-state index < -0.39 is 5.63 Å². The summed E-state index contributed by atoms with van der Waals surface area (Å²) < 4.78 is 12.9. The van der Waals surface area contributed by atoms with Gasteiger partial charge in [-0.15, -0.1) is 0 Å². The smallest absolute Gasteiger partial charge is 0.336 e. The van der Waals surface area contributed by atoms with Crippen molar-refractivity contribution in [2.24, 2.45) is 5.92 Å². The van der Waals surface area contributed by atoms with Crippen LogP contribution in [0.3, 0.4) is 0 Å². The Kier molecular flexibility index (Phi) is 4.88. The van der Waals surface area contributed by atoms with Gasteiger partial charge in [0.1, 0.15) is 11.3 Å². The number of aryl methyl sites for hydroxylation is 1. The van der Waals surface area contributed by atoms with Crippen LogP contribution in [-0.4, -0.2) is 35.1 Å². The number of hydrogen-bond acceptors (Lipinski definition) is 5. The summed E-state index contributed by atoms with van der Waals surface area (Å²) in [5, 5.41) is 0.874. The van der Waals surface area contributed by atoms with E-state index in [1.807, 2.05) is 28.5 Å².